The van der Waals surface area contributed by atoms with Crippen LogP contribution >= 0.6 is 0 Å². The predicted octanol–water partition coefficient (Wildman–Crippen LogP) is 0.509. The molecule has 12 heavy (non-hydrogen) atoms. The molecule has 1 saturated heterocycles. The van der Waals surface area contributed by atoms with Crippen molar-refractivity contribution < 1.29 is 4.79 Å². The van der Waals surface area contributed by atoms with Gasteiger partial charge in [0, 0.05) is 25.0 Å². The van der Waals surface area contributed by atoms with Crippen molar-refractivity contribution in [2.75, 3.05) is 6.54 Å². The standard InChI is InChI=1S/C9H18N2O/c1-6(2)11-8-4-9(12)10-5-7(8)3/h6-8,11H,4-5H2,1-3H3,(H,10,12)/t7-,8-/m1/s1. The van der Waals surface area contributed by atoms with Crippen LogP contribution in [0.15, 0.2) is 0 Å². The minimum Gasteiger partial charge on any atom is -0.356 e. The van der Waals surface area contributed by atoms with E-state index in [1.807, 2.05) is 0 Å². The van der Waals surface area contributed by atoms with Gasteiger partial charge in [-0.15, -0.1) is 0 Å². The van der Waals surface area contributed by atoms with Crippen molar-refractivity contribution in [1.29, 1.82) is 0 Å². The van der Waals surface area contributed by atoms with E-state index in [0.717, 1.165) is 6.54 Å². The second-order valence-corrected chi connectivity index (χ2v) is 3.91. The molecule has 2 atom stereocenters. The first-order chi connectivity index (χ1) is 5.59. The Bertz CT molecular complexity index is 168. The van der Waals surface area contributed by atoms with Gasteiger partial charge in [-0.3, -0.25) is 4.79 Å². The van der Waals surface area contributed by atoms with E-state index in [1.54, 1.807) is 0 Å². The summed E-state index contributed by atoms with van der Waals surface area (Å²) in [7, 11) is 0. The molecule has 1 heterocycles. The Morgan fingerprint density at radius 1 is 1.58 bits per heavy atom. The van der Waals surface area contributed by atoms with Gasteiger partial charge in [0.1, 0.15) is 0 Å². The summed E-state index contributed by atoms with van der Waals surface area (Å²) in [5, 5.41) is 6.26. The average molecular weight is 170 g/mol. The van der Waals surface area contributed by atoms with Crippen molar-refractivity contribution in [2.45, 2.75) is 39.3 Å². The van der Waals surface area contributed by atoms with E-state index in [9.17, 15) is 4.79 Å². The first-order valence-corrected chi connectivity index (χ1v) is 4.62. The maximum absolute atomic E-state index is 11.0. The number of carbonyl (C=O) groups is 1. The highest BCUT2D eigenvalue weighted by molar-refractivity contribution is 5.77. The van der Waals surface area contributed by atoms with Crippen molar-refractivity contribution in [3.63, 3.8) is 0 Å². The number of piperidine rings is 1. The SMILES string of the molecule is CC(C)N[C@@H]1CC(=O)NC[C@H]1C. The Hall–Kier alpha value is -0.570. The third-order valence-corrected chi connectivity index (χ3v) is 2.26. The number of amides is 1. The lowest BCUT2D eigenvalue weighted by Gasteiger charge is -2.31. The highest BCUT2D eigenvalue weighted by Crippen LogP contribution is 2.11. The molecule has 0 spiro atoms. The van der Waals surface area contributed by atoms with E-state index >= 15 is 0 Å². The normalized spacial score (nSPS) is 30.5. The molecular formula is C9H18N2O. The molecule has 0 aromatic heterocycles. The van der Waals surface area contributed by atoms with E-state index in [2.05, 4.69) is 31.4 Å². The number of carbonyl (C=O) groups excluding carboxylic acids is 1. The fourth-order valence-electron chi connectivity index (χ4n) is 1.54. The highest BCUT2D eigenvalue weighted by Gasteiger charge is 2.25. The zero-order valence-corrected chi connectivity index (χ0v) is 8.05. The summed E-state index contributed by atoms with van der Waals surface area (Å²) >= 11 is 0. The average Bonchev–Trinajstić information content (AvgIpc) is 1.96. The summed E-state index contributed by atoms with van der Waals surface area (Å²) in [6.07, 6.45) is 0.624. The largest absolute Gasteiger partial charge is 0.356 e. The smallest absolute Gasteiger partial charge is 0.221 e. The summed E-state index contributed by atoms with van der Waals surface area (Å²) < 4.78 is 0. The van der Waals surface area contributed by atoms with Gasteiger partial charge in [0.2, 0.25) is 5.91 Å². The first kappa shape index (κ1) is 9.52. The quantitative estimate of drug-likeness (QED) is 0.634. The van der Waals surface area contributed by atoms with E-state index in [-0.39, 0.29) is 5.91 Å². The molecule has 0 aromatic rings. The fourth-order valence-corrected chi connectivity index (χ4v) is 1.54. The number of nitrogens with one attached hydrogen (secondary N) is 2. The Morgan fingerprint density at radius 2 is 2.25 bits per heavy atom. The van der Waals surface area contributed by atoms with E-state index in [4.69, 9.17) is 0 Å². The van der Waals surface area contributed by atoms with Crippen LogP contribution in [0, 0.1) is 5.92 Å². The lowest BCUT2D eigenvalue weighted by molar-refractivity contribution is -0.123. The molecule has 0 aliphatic carbocycles. The van der Waals surface area contributed by atoms with Gasteiger partial charge < -0.3 is 10.6 Å². The van der Waals surface area contributed by atoms with Gasteiger partial charge >= 0.3 is 0 Å². The molecule has 1 aliphatic heterocycles. The Morgan fingerprint density at radius 3 is 2.83 bits per heavy atom. The Balaban J connectivity index is 2.43. The van der Waals surface area contributed by atoms with Gasteiger partial charge in [0.05, 0.1) is 0 Å². The van der Waals surface area contributed by atoms with Crippen LogP contribution in [-0.4, -0.2) is 24.5 Å². The summed E-state index contributed by atoms with van der Waals surface area (Å²) in [5.41, 5.74) is 0. The van der Waals surface area contributed by atoms with Crippen molar-refractivity contribution in [3.8, 4) is 0 Å². The van der Waals surface area contributed by atoms with Gasteiger partial charge in [0.15, 0.2) is 0 Å². The summed E-state index contributed by atoms with van der Waals surface area (Å²) in [4.78, 5) is 11.0. The molecule has 0 aromatic carbocycles. The monoisotopic (exact) mass is 170 g/mol. The number of hydrogen-bond acceptors (Lipinski definition) is 2. The number of hydrogen-bond donors (Lipinski definition) is 2. The Labute approximate surface area is 73.9 Å². The maximum atomic E-state index is 11.0. The molecule has 1 amide bonds. The topological polar surface area (TPSA) is 41.1 Å². The molecule has 1 fully saturated rings. The third-order valence-electron chi connectivity index (χ3n) is 2.26. The molecule has 0 saturated carbocycles. The van der Waals surface area contributed by atoms with Crippen LogP contribution in [0.1, 0.15) is 27.2 Å². The lowest BCUT2D eigenvalue weighted by Crippen LogP contribution is -2.50. The third kappa shape index (κ3) is 2.48. The van der Waals surface area contributed by atoms with Crippen molar-refractivity contribution in [1.82, 2.24) is 10.6 Å². The number of rotatable bonds is 2. The second kappa shape index (κ2) is 3.90. The molecule has 1 aliphatic rings. The van der Waals surface area contributed by atoms with Crippen LogP contribution in [0.25, 0.3) is 0 Å². The van der Waals surface area contributed by atoms with Gasteiger partial charge in [0.25, 0.3) is 0 Å². The summed E-state index contributed by atoms with van der Waals surface area (Å²) in [6.45, 7) is 7.20. The Kier molecular flexibility index (Phi) is 3.09. The van der Waals surface area contributed by atoms with Gasteiger partial charge in [-0.1, -0.05) is 20.8 Å². The minimum absolute atomic E-state index is 0.172. The van der Waals surface area contributed by atoms with E-state index in [0.29, 0.717) is 24.4 Å². The van der Waals surface area contributed by atoms with Crippen LogP contribution in [0.2, 0.25) is 0 Å². The van der Waals surface area contributed by atoms with Crippen molar-refractivity contribution >= 4 is 5.91 Å². The zero-order valence-electron chi connectivity index (χ0n) is 8.05. The minimum atomic E-state index is 0.172. The molecule has 3 nitrogen and oxygen atoms in total. The molecule has 1 rings (SSSR count). The highest BCUT2D eigenvalue weighted by atomic mass is 16.1. The molecule has 0 unspecified atom stereocenters. The maximum Gasteiger partial charge on any atom is 0.221 e. The predicted molar refractivity (Wildman–Crippen MR) is 48.9 cm³/mol. The van der Waals surface area contributed by atoms with Crippen LogP contribution in [0.3, 0.4) is 0 Å². The van der Waals surface area contributed by atoms with Gasteiger partial charge in [-0.05, 0) is 5.92 Å². The molecule has 3 heteroatoms. The molecule has 70 valence electrons. The van der Waals surface area contributed by atoms with Crippen LogP contribution in [0.5, 0.6) is 0 Å². The molecule has 2 N–H and O–H groups in total. The van der Waals surface area contributed by atoms with Crippen molar-refractivity contribution in [3.05, 3.63) is 0 Å². The molecular weight excluding hydrogens is 152 g/mol. The summed E-state index contributed by atoms with van der Waals surface area (Å²) in [6, 6.07) is 0.821. The van der Waals surface area contributed by atoms with Crippen LogP contribution < -0.4 is 10.6 Å². The first-order valence-electron chi connectivity index (χ1n) is 4.62. The fraction of sp³-hybridized carbons (Fsp3) is 0.889. The molecule has 0 radical (unpaired) electrons. The zero-order chi connectivity index (χ0) is 9.14. The van der Waals surface area contributed by atoms with Crippen LogP contribution in [-0.2, 0) is 4.79 Å². The summed E-state index contributed by atoms with van der Waals surface area (Å²) in [5.74, 6) is 0.719. The van der Waals surface area contributed by atoms with Crippen molar-refractivity contribution in [2.24, 2.45) is 5.92 Å². The van der Waals surface area contributed by atoms with Crippen LogP contribution in [0.4, 0.5) is 0 Å². The van der Waals surface area contributed by atoms with Gasteiger partial charge in [-0.25, -0.2) is 0 Å². The van der Waals surface area contributed by atoms with Gasteiger partial charge in [-0.2, -0.15) is 0 Å². The van der Waals surface area contributed by atoms with E-state index in [1.165, 1.54) is 0 Å². The lowest BCUT2D eigenvalue weighted by atomic mass is 9.94. The molecule has 0 bridgehead atoms. The second-order valence-electron chi connectivity index (χ2n) is 3.91. The van der Waals surface area contributed by atoms with E-state index < -0.39 is 0 Å².